The molecule has 0 spiro atoms. The number of nitrogens with zero attached hydrogens (tertiary/aromatic N) is 2. The Morgan fingerprint density at radius 3 is 2.45 bits per heavy atom. The van der Waals surface area contributed by atoms with Crippen LogP contribution in [0.1, 0.15) is 6.92 Å². The number of rotatable bonds is 7. The Bertz CT molecular complexity index is 1260. The molecule has 0 heterocycles. The molecule has 13 heteroatoms. The fourth-order valence-corrected chi connectivity index (χ4v) is 3.75. The molecule has 3 rings (SSSR count). The maximum Gasteiger partial charge on any atom is 0.294 e. The van der Waals surface area contributed by atoms with Crippen molar-refractivity contribution in [1.82, 2.24) is 0 Å². The highest BCUT2D eigenvalue weighted by Gasteiger charge is 2.21. The van der Waals surface area contributed by atoms with Crippen LogP contribution in [0.2, 0.25) is 0 Å². The summed E-state index contributed by atoms with van der Waals surface area (Å²) in [5, 5.41) is 33.6. The van der Waals surface area contributed by atoms with Crippen LogP contribution in [0.3, 0.4) is 0 Å². The second-order valence-electron chi connectivity index (χ2n) is 6.06. The molecule has 0 radical (unpaired) electrons. The lowest BCUT2D eigenvalue weighted by molar-refractivity contribution is -0.432. The summed E-state index contributed by atoms with van der Waals surface area (Å²) in [4.78, 5) is 11.2. The van der Waals surface area contributed by atoms with Crippen LogP contribution in [0.5, 0.6) is 5.75 Å². The minimum absolute atomic E-state index is 0.0406. The molecule has 162 valence electrons. The molecule has 0 bridgehead atoms. The first kappa shape index (κ1) is 22.6. The standard InChI is InChI=1S/C18H15N3O8S2/c1-10(22)19-14-9-13(31(25,26)27)7-11-8-15(30-29-28-24)17(18(23)16(11)14)21-20-12-5-3-2-4-6-12/h2-9,23-24H,1H3,(H,19,22)(H,25,26,27)/b21-20+. The van der Waals surface area contributed by atoms with Gasteiger partial charge in [0, 0.05) is 12.3 Å². The number of amides is 1. The second-order valence-corrected chi connectivity index (χ2v) is 8.22. The highest BCUT2D eigenvalue weighted by atomic mass is 32.2. The van der Waals surface area contributed by atoms with Gasteiger partial charge in [-0.15, -0.1) is 9.45 Å². The zero-order valence-electron chi connectivity index (χ0n) is 15.7. The van der Waals surface area contributed by atoms with Crippen LogP contribution in [0.25, 0.3) is 10.8 Å². The first-order valence-corrected chi connectivity index (χ1v) is 10.6. The van der Waals surface area contributed by atoms with Crippen molar-refractivity contribution < 1.29 is 37.5 Å². The van der Waals surface area contributed by atoms with Gasteiger partial charge in [-0.2, -0.15) is 13.5 Å². The lowest BCUT2D eigenvalue weighted by Gasteiger charge is -2.14. The molecule has 0 unspecified atom stereocenters. The quantitative estimate of drug-likeness (QED) is 0.128. The molecule has 0 saturated carbocycles. The maximum atomic E-state index is 11.6. The minimum atomic E-state index is -4.63. The molecule has 3 aromatic carbocycles. The van der Waals surface area contributed by atoms with Crippen LogP contribution in [0, 0.1) is 0 Å². The number of azo groups is 1. The van der Waals surface area contributed by atoms with Crippen molar-refractivity contribution >= 4 is 55.9 Å². The van der Waals surface area contributed by atoms with E-state index in [9.17, 15) is 22.9 Å². The topological polar surface area (TPSA) is 167 Å². The SMILES string of the molecule is CC(=O)Nc1cc(S(=O)(=O)O)cc2cc(SOOO)c(/N=N/c3ccccc3)c(O)c12. The van der Waals surface area contributed by atoms with Crippen molar-refractivity contribution in [2.24, 2.45) is 10.2 Å². The molecule has 0 aromatic heterocycles. The molecule has 0 aliphatic heterocycles. The summed E-state index contributed by atoms with van der Waals surface area (Å²) < 4.78 is 37.2. The van der Waals surface area contributed by atoms with Gasteiger partial charge in [0.05, 0.1) is 33.2 Å². The van der Waals surface area contributed by atoms with Crippen molar-refractivity contribution in [3.8, 4) is 5.75 Å². The molecule has 0 atom stereocenters. The summed E-state index contributed by atoms with van der Waals surface area (Å²) in [5.41, 5.74) is 0.285. The molecule has 4 N–H and O–H groups in total. The molecular formula is C18H15N3O8S2. The lowest BCUT2D eigenvalue weighted by Crippen LogP contribution is -2.08. The van der Waals surface area contributed by atoms with E-state index < -0.39 is 26.7 Å². The lowest BCUT2D eigenvalue weighted by atomic mass is 10.1. The number of phenols is 1. The van der Waals surface area contributed by atoms with E-state index in [2.05, 4.69) is 24.9 Å². The number of phenolic OH excluding ortho intramolecular Hbond substituents is 1. The first-order valence-electron chi connectivity index (χ1n) is 8.41. The third-order valence-corrected chi connectivity index (χ3v) is 5.36. The Labute approximate surface area is 180 Å². The molecule has 0 fully saturated rings. The predicted octanol–water partition coefficient (Wildman–Crippen LogP) is 4.59. The fourth-order valence-electron chi connectivity index (χ4n) is 2.71. The average molecular weight is 465 g/mol. The summed E-state index contributed by atoms with van der Waals surface area (Å²) in [6.07, 6.45) is 0. The Balaban J connectivity index is 2.29. The van der Waals surface area contributed by atoms with Crippen molar-refractivity contribution in [3.63, 3.8) is 0 Å². The first-order chi connectivity index (χ1) is 14.7. The van der Waals surface area contributed by atoms with Crippen LogP contribution >= 0.6 is 12.0 Å². The van der Waals surface area contributed by atoms with Crippen molar-refractivity contribution in [2.45, 2.75) is 16.7 Å². The highest BCUT2D eigenvalue weighted by molar-refractivity contribution is 7.94. The van der Waals surface area contributed by atoms with E-state index in [1.165, 1.54) is 13.0 Å². The normalized spacial score (nSPS) is 11.8. The van der Waals surface area contributed by atoms with Crippen LogP contribution in [0.4, 0.5) is 17.1 Å². The molecule has 1 amide bonds. The van der Waals surface area contributed by atoms with Crippen LogP contribution in [-0.2, 0) is 24.3 Å². The number of nitrogens with one attached hydrogen (secondary N) is 1. The Kier molecular flexibility index (Phi) is 6.84. The number of carbonyl (C=O) groups is 1. The molecule has 3 aromatic rings. The van der Waals surface area contributed by atoms with Gasteiger partial charge in [-0.05, 0) is 35.7 Å². The Hall–Kier alpha value is -3.07. The predicted molar refractivity (Wildman–Crippen MR) is 111 cm³/mol. The van der Waals surface area contributed by atoms with Gasteiger partial charge in [0.25, 0.3) is 10.1 Å². The van der Waals surface area contributed by atoms with E-state index in [0.717, 1.165) is 12.1 Å². The van der Waals surface area contributed by atoms with E-state index in [-0.39, 0.29) is 27.0 Å². The fraction of sp³-hybridized carbons (Fsp3) is 0.0556. The Morgan fingerprint density at radius 2 is 1.84 bits per heavy atom. The summed E-state index contributed by atoms with van der Waals surface area (Å²) in [5.74, 6) is -1.01. The van der Waals surface area contributed by atoms with Crippen LogP contribution < -0.4 is 5.32 Å². The van der Waals surface area contributed by atoms with Gasteiger partial charge < -0.3 is 10.4 Å². The zero-order chi connectivity index (χ0) is 22.6. The third kappa shape index (κ3) is 5.35. The number of hydrogen-bond donors (Lipinski definition) is 4. The minimum Gasteiger partial charge on any atom is -0.505 e. The number of anilines is 1. The largest absolute Gasteiger partial charge is 0.505 e. The van der Waals surface area contributed by atoms with Crippen LogP contribution in [-0.4, -0.2) is 29.2 Å². The summed E-state index contributed by atoms with van der Waals surface area (Å²) in [6, 6.07) is 12.0. The zero-order valence-corrected chi connectivity index (χ0v) is 17.3. The number of hydrogen-bond acceptors (Lipinski definition) is 10. The molecular weight excluding hydrogens is 450 g/mol. The van der Waals surface area contributed by atoms with Crippen molar-refractivity contribution in [2.75, 3.05) is 5.32 Å². The van der Waals surface area contributed by atoms with E-state index >= 15 is 0 Å². The van der Waals surface area contributed by atoms with Crippen LogP contribution in [0.15, 0.2) is 68.6 Å². The Morgan fingerprint density at radius 1 is 1.13 bits per heavy atom. The third-order valence-electron chi connectivity index (χ3n) is 3.91. The summed E-state index contributed by atoms with van der Waals surface area (Å²) in [6.45, 7) is 1.19. The molecule has 0 aliphatic rings. The van der Waals surface area contributed by atoms with Gasteiger partial charge in [-0.1, -0.05) is 23.2 Å². The summed E-state index contributed by atoms with van der Waals surface area (Å²) in [7, 11) is -4.63. The van der Waals surface area contributed by atoms with E-state index in [0.29, 0.717) is 17.7 Å². The molecule has 11 nitrogen and oxygen atoms in total. The number of carbonyl (C=O) groups excluding carboxylic acids is 1. The van der Waals surface area contributed by atoms with Crippen molar-refractivity contribution in [1.29, 1.82) is 0 Å². The smallest absolute Gasteiger partial charge is 0.294 e. The van der Waals surface area contributed by atoms with E-state index in [1.807, 2.05) is 0 Å². The van der Waals surface area contributed by atoms with E-state index in [4.69, 9.17) is 5.26 Å². The van der Waals surface area contributed by atoms with Gasteiger partial charge in [0.2, 0.25) is 5.91 Å². The second kappa shape index (κ2) is 9.38. The van der Waals surface area contributed by atoms with E-state index in [1.54, 1.807) is 30.3 Å². The van der Waals surface area contributed by atoms with Gasteiger partial charge in [0.1, 0.15) is 5.69 Å². The number of benzene rings is 3. The maximum absolute atomic E-state index is 11.6. The van der Waals surface area contributed by atoms with Gasteiger partial charge in [-0.3, -0.25) is 9.35 Å². The molecule has 0 saturated heterocycles. The van der Waals surface area contributed by atoms with Gasteiger partial charge in [0.15, 0.2) is 5.75 Å². The van der Waals surface area contributed by atoms with Crippen molar-refractivity contribution in [3.05, 3.63) is 48.5 Å². The highest BCUT2D eigenvalue weighted by Crippen LogP contribution is 2.47. The van der Waals surface area contributed by atoms with Gasteiger partial charge in [-0.25, -0.2) is 5.26 Å². The monoisotopic (exact) mass is 465 g/mol. The molecule has 31 heavy (non-hydrogen) atoms. The summed E-state index contributed by atoms with van der Waals surface area (Å²) >= 11 is 0.459. The number of aromatic hydroxyl groups is 1. The average Bonchev–Trinajstić information content (AvgIpc) is 2.71. The number of fused-ring (bicyclic) bond motifs is 1. The molecule has 0 aliphatic carbocycles. The van der Waals surface area contributed by atoms with Gasteiger partial charge >= 0.3 is 0 Å².